The quantitative estimate of drug-likeness (QED) is 0.776. The lowest BCUT2D eigenvalue weighted by atomic mass is 9.95. The Morgan fingerprint density at radius 3 is 2.56 bits per heavy atom. The van der Waals surface area contributed by atoms with Crippen molar-refractivity contribution < 1.29 is 9.53 Å². The highest BCUT2D eigenvalue weighted by molar-refractivity contribution is 5.79. The molecule has 0 bridgehead atoms. The summed E-state index contributed by atoms with van der Waals surface area (Å²) < 4.78 is 5.82. The summed E-state index contributed by atoms with van der Waals surface area (Å²) in [6, 6.07) is 0. The summed E-state index contributed by atoms with van der Waals surface area (Å²) in [5.41, 5.74) is 5.53. The summed E-state index contributed by atoms with van der Waals surface area (Å²) in [6.07, 6.45) is 1.90. The Bertz CT molecular complexity index is 452. The van der Waals surface area contributed by atoms with Crippen molar-refractivity contribution in [3.05, 3.63) is 22.3 Å². The van der Waals surface area contributed by atoms with E-state index in [9.17, 15) is 4.79 Å². The zero-order valence-corrected chi connectivity index (χ0v) is 10.2. The molecule has 0 fully saturated rings. The predicted molar refractivity (Wildman–Crippen MR) is 64.1 cm³/mol. The van der Waals surface area contributed by atoms with Gasteiger partial charge < -0.3 is 10.1 Å². The molecule has 3 nitrogen and oxygen atoms in total. The molecule has 1 atom stereocenters. The van der Waals surface area contributed by atoms with E-state index in [1.807, 2.05) is 20.8 Å². The molecule has 1 aliphatic rings. The zero-order valence-electron chi connectivity index (χ0n) is 10.2. The summed E-state index contributed by atoms with van der Waals surface area (Å²) >= 11 is 0. The smallest absolute Gasteiger partial charge is 0.211 e. The van der Waals surface area contributed by atoms with Gasteiger partial charge in [0.25, 0.3) is 0 Å². The van der Waals surface area contributed by atoms with Gasteiger partial charge in [-0.2, -0.15) is 0 Å². The minimum Gasteiger partial charge on any atom is -0.490 e. The van der Waals surface area contributed by atoms with Gasteiger partial charge >= 0.3 is 0 Å². The standard InChI is InChI=1S/C13H17NO2/c1-7-5-11-10(4)12(14-6-15)8(2)9(3)13(11)16-7/h6-7H,5H2,1-4H3,(H,14,15). The van der Waals surface area contributed by atoms with Crippen LogP contribution in [0.3, 0.4) is 0 Å². The maximum absolute atomic E-state index is 10.6. The SMILES string of the molecule is Cc1c(C)c2c(c(C)c1NC=O)CC(C)O2. The molecule has 1 aromatic rings. The van der Waals surface area contributed by atoms with Crippen molar-refractivity contribution >= 4 is 12.1 Å². The second-order valence-corrected chi connectivity index (χ2v) is 4.45. The Kier molecular flexibility index (Phi) is 2.62. The van der Waals surface area contributed by atoms with Gasteiger partial charge in [-0.3, -0.25) is 4.79 Å². The number of anilines is 1. The lowest BCUT2D eigenvalue weighted by Crippen LogP contribution is -2.05. The third-order valence-corrected chi connectivity index (χ3v) is 3.39. The summed E-state index contributed by atoms with van der Waals surface area (Å²) in [5.74, 6) is 1.01. The number of hydrogen-bond donors (Lipinski definition) is 1. The Hall–Kier alpha value is -1.51. The molecule has 0 radical (unpaired) electrons. The van der Waals surface area contributed by atoms with E-state index >= 15 is 0 Å². The van der Waals surface area contributed by atoms with Crippen LogP contribution in [-0.4, -0.2) is 12.5 Å². The molecule has 1 unspecified atom stereocenters. The van der Waals surface area contributed by atoms with Gasteiger partial charge in [0.15, 0.2) is 0 Å². The van der Waals surface area contributed by atoms with Crippen LogP contribution in [-0.2, 0) is 11.2 Å². The van der Waals surface area contributed by atoms with Gasteiger partial charge in [-0.15, -0.1) is 0 Å². The van der Waals surface area contributed by atoms with E-state index in [4.69, 9.17) is 4.74 Å². The van der Waals surface area contributed by atoms with E-state index in [0.717, 1.165) is 41.0 Å². The molecule has 3 heteroatoms. The van der Waals surface area contributed by atoms with Gasteiger partial charge in [-0.25, -0.2) is 0 Å². The fraction of sp³-hybridized carbons (Fsp3) is 0.462. The van der Waals surface area contributed by atoms with Crippen molar-refractivity contribution in [2.24, 2.45) is 0 Å². The lowest BCUT2D eigenvalue weighted by Gasteiger charge is -2.16. The monoisotopic (exact) mass is 219 g/mol. The molecule has 86 valence electrons. The third kappa shape index (κ3) is 1.47. The van der Waals surface area contributed by atoms with Crippen LogP contribution in [0.5, 0.6) is 5.75 Å². The van der Waals surface area contributed by atoms with Crippen LogP contribution in [0.15, 0.2) is 0 Å². The highest BCUT2D eigenvalue weighted by Crippen LogP contribution is 2.40. The third-order valence-electron chi connectivity index (χ3n) is 3.39. The van der Waals surface area contributed by atoms with Crippen molar-refractivity contribution in [1.82, 2.24) is 0 Å². The van der Waals surface area contributed by atoms with Crippen molar-refractivity contribution in [3.8, 4) is 5.75 Å². The fourth-order valence-corrected chi connectivity index (χ4v) is 2.40. The van der Waals surface area contributed by atoms with E-state index in [0.29, 0.717) is 0 Å². The van der Waals surface area contributed by atoms with E-state index < -0.39 is 0 Å². The number of nitrogens with one attached hydrogen (secondary N) is 1. The number of amides is 1. The van der Waals surface area contributed by atoms with Crippen LogP contribution in [0.4, 0.5) is 5.69 Å². The Balaban J connectivity index is 2.64. The summed E-state index contributed by atoms with van der Waals surface area (Å²) in [7, 11) is 0. The molecule has 0 aromatic heterocycles. The molecule has 0 saturated heterocycles. The van der Waals surface area contributed by atoms with Gasteiger partial charge in [0, 0.05) is 17.7 Å². The van der Waals surface area contributed by atoms with Gasteiger partial charge in [0.05, 0.1) is 0 Å². The molecule has 1 aliphatic heterocycles. The molecule has 2 rings (SSSR count). The van der Waals surface area contributed by atoms with Crippen LogP contribution >= 0.6 is 0 Å². The molecule has 0 spiro atoms. The maximum Gasteiger partial charge on any atom is 0.211 e. The summed E-state index contributed by atoms with van der Waals surface area (Å²) in [6.45, 7) is 8.17. The van der Waals surface area contributed by atoms with Gasteiger partial charge in [0.2, 0.25) is 6.41 Å². The fourth-order valence-electron chi connectivity index (χ4n) is 2.40. The second kappa shape index (κ2) is 3.81. The van der Waals surface area contributed by atoms with E-state index in [2.05, 4.69) is 12.2 Å². The first-order valence-electron chi connectivity index (χ1n) is 5.55. The Morgan fingerprint density at radius 2 is 1.94 bits per heavy atom. The number of benzene rings is 1. The van der Waals surface area contributed by atoms with Gasteiger partial charge in [-0.05, 0) is 44.4 Å². The Morgan fingerprint density at radius 1 is 1.25 bits per heavy atom. The zero-order chi connectivity index (χ0) is 11.9. The number of carbonyl (C=O) groups excluding carboxylic acids is 1. The predicted octanol–water partition coefficient (Wildman–Crippen LogP) is 2.50. The second-order valence-electron chi connectivity index (χ2n) is 4.45. The van der Waals surface area contributed by atoms with Crippen LogP contribution in [0.25, 0.3) is 0 Å². The van der Waals surface area contributed by atoms with Crippen LogP contribution in [0, 0.1) is 20.8 Å². The highest BCUT2D eigenvalue weighted by atomic mass is 16.5. The first kappa shape index (κ1) is 11.0. The van der Waals surface area contributed by atoms with Gasteiger partial charge in [0.1, 0.15) is 11.9 Å². The number of rotatable bonds is 2. The summed E-state index contributed by atoms with van der Waals surface area (Å²) in [4.78, 5) is 10.6. The summed E-state index contributed by atoms with van der Waals surface area (Å²) in [5, 5.41) is 2.79. The normalized spacial score (nSPS) is 17.9. The molecule has 1 aromatic carbocycles. The van der Waals surface area contributed by atoms with Crippen LogP contribution < -0.4 is 10.1 Å². The Labute approximate surface area is 95.8 Å². The molecule has 1 N–H and O–H groups in total. The number of ether oxygens (including phenoxy) is 1. The minimum atomic E-state index is 0.235. The van der Waals surface area contributed by atoms with Crippen LogP contribution in [0.1, 0.15) is 29.2 Å². The molecule has 1 heterocycles. The molecular formula is C13H17NO2. The largest absolute Gasteiger partial charge is 0.490 e. The number of carbonyl (C=O) groups is 1. The van der Waals surface area contributed by atoms with E-state index in [1.54, 1.807) is 0 Å². The average Bonchev–Trinajstić information content (AvgIpc) is 2.64. The minimum absolute atomic E-state index is 0.235. The lowest BCUT2D eigenvalue weighted by molar-refractivity contribution is -0.105. The highest BCUT2D eigenvalue weighted by Gasteiger charge is 2.26. The number of fused-ring (bicyclic) bond motifs is 1. The first-order chi connectivity index (χ1) is 7.56. The van der Waals surface area contributed by atoms with Gasteiger partial charge in [-0.1, -0.05) is 0 Å². The molecule has 16 heavy (non-hydrogen) atoms. The van der Waals surface area contributed by atoms with Crippen molar-refractivity contribution in [2.45, 2.75) is 40.2 Å². The van der Waals surface area contributed by atoms with Crippen molar-refractivity contribution in [1.29, 1.82) is 0 Å². The molecule has 0 aliphatic carbocycles. The van der Waals surface area contributed by atoms with Crippen LogP contribution in [0.2, 0.25) is 0 Å². The van der Waals surface area contributed by atoms with Crippen molar-refractivity contribution in [2.75, 3.05) is 5.32 Å². The van der Waals surface area contributed by atoms with E-state index in [-0.39, 0.29) is 6.10 Å². The maximum atomic E-state index is 10.6. The average molecular weight is 219 g/mol. The van der Waals surface area contributed by atoms with E-state index in [1.165, 1.54) is 5.56 Å². The first-order valence-corrected chi connectivity index (χ1v) is 5.55. The molecule has 0 saturated carbocycles. The number of hydrogen-bond acceptors (Lipinski definition) is 2. The molecule has 1 amide bonds. The topological polar surface area (TPSA) is 38.3 Å². The molecular weight excluding hydrogens is 202 g/mol. The van der Waals surface area contributed by atoms with Crippen molar-refractivity contribution in [3.63, 3.8) is 0 Å².